The van der Waals surface area contributed by atoms with E-state index >= 15 is 0 Å². The minimum Gasteiger partial charge on any atom is -0.396 e. The lowest BCUT2D eigenvalue weighted by molar-refractivity contribution is 0.160. The fraction of sp³-hybridized carbons (Fsp3) is 0.571. The zero-order valence-corrected chi connectivity index (χ0v) is 11.3. The minimum atomic E-state index is -0.961. The molecule has 3 nitrogen and oxygen atoms in total. The number of nitrogens with one attached hydrogen (secondary N) is 1. The third-order valence-electron chi connectivity index (χ3n) is 3.06. The first-order valence-electron chi connectivity index (χ1n) is 6.30. The Hall–Kier alpha value is -1.04. The molecule has 19 heavy (non-hydrogen) atoms. The van der Waals surface area contributed by atoms with Crippen LogP contribution in [0.2, 0.25) is 0 Å². The molecule has 0 aliphatic rings. The fourth-order valence-corrected chi connectivity index (χ4v) is 1.78. The summed E-state index contributed by atoms with van der Waals surface area (Å²) >= 11 is 0. The second kappa shape index (κ2) is 6.93. The molecule has 108 valence electrons. The maximum atomic E-state index is 13.0. The van der Waals surface area contributed by atoms with Crippen molar-refractivity contribution in [3.05, 3.63) is 35.4 Å². The summed E-state index contributed by atoms with van der Waals surface area (Å²) in [4.78, 5) is 0. The Balaban J connectivity index is 2.47. The van der Waals surface area contributed by atoms with Gasteiger partial charge < -0.3 is 15.5 Å². The van der Waals surface area contributed by atoms with E-state index in [1.807, 2.05) is 13.8 Å². The highest BCUT2D eigenvalue weighted by Gasteiger charge is 2.17. The van der Waals surface area contributed by atoms with Crippen LogP contribution in [-0.4, -0.2) is 29.9 Å². The molecule has 5 heteroatoms. The van der Waals surface area contributed by atoms with Gasteiger partial charge in [-0.1, -0.05) is 19.9 Å². The van der Waals surface area contributed by atoms with Crippen molar-refractivity contribution >= 4 is 0 Å². The summed E-state index contributed by atoms with van der Waals surface area (Å²) in [6.07, 6.45) is -0.235. The number of aliphatic hydroxyl groups excluding tert-OH is 2. The molecule has 1 aromatic carbocycles. The van der Waals surface area contributed by atoms with Crippen molar-refractivity contribution in [1.29, 1.82) is 0 Å². The topological polar surface area (TPSA) is 52.5 Å². The van der Waals surface area contributed by atoms with Gasteiger partial charge in [-0.3, -0.25) is 0 Å². The van der Waals surface area contributed by atoms with Crippen LogP contribution in [0.15, 0.2) is 18.2 Å². The molecule has 0 aromatic heterocycles. The van der Waals surface area contributed by atoms with Crippen LogP contribution in [0.3, 0.4) is 0 Å². The number of hydrogen-bond donors (Lipinski definition) is 3. The van der Waals surface area contributed by atoms with Crippen molar-refractivity contribution in [2.75, 3.05) is 19.7 Å². The number of rotatable bonds is 7. The van der Waals surface area contributed by atoms with E-state index in [1.54, 1.807) is 0 Å². The van der Waals surface area contributed by atoms with Gasteiger partial charge in [0, 0.05) is 19.7 Å². The van der Waals surface area contributed by atoms with E-state index in [0.29, 0.717) is 18.5 Å². The van der Waals surface area contributed by atoms with Gasteiger partial charge >= 0.3 is 0 Å². The second-order valence-corrected chi connectivity index (χ2v) is 5.46. The molecule has 0 aliphatic heterocycles. The molecule has 3 N–H and O–H groups in total. The molecule has 0 radical (unpaired) electrons. The zero-order chi connectivity index (χ0) is 14.5. The monoisotopic (exact) mass is 273 g/mol. The highest BCUT2D eigenvalue weighted by Crippen LogP contribution is 2.19. The average Bonchev–Trinajstić information content (AvgIpc) is 2.32. The van der Waals surface area contributed by atoms with Crippen LogP contribution >= 0.6 is 0 Å². The van der Waals surface area contributed by atoms with Crippen molar-refractivity contribution < 1.29 is 19.0 Å². The summed E-state index contributed by atoms with van der Waals surface area (Å²) in [5.41, 5.74) is 0.258. The van der Waals surface area contributed by atoms with Crippen molar-refractivity contribution in [3.63, 3.8) is 0 Å². The van der Waals surface area contributed by atoms with Crippen LogP contribution in [0.5, 0.6) is 0 Å². The molecule has 0 fully saturated rings. The van der Waals surface area contributed by atoms with Crippen LogP contribution in [0, 0.1) is 17.0 Å². The summed E-state index contributed by atoms with van der Waals surface area (Å²) in [5.74, 6) is -1.88. The highest BCUT2D eigenvalue weighted by atomic mass is 19.2. The summed E-state index contributed by atoms with van der Waals surface area (Å²) in [6, 6.07) is 3.37. The Labute approximate surface area is 112 Å². The van der Waals surface area contributed by atoms with Crippen molar-refractivity contribution in [3.8, 4) is 0 Å². The lowest BCUT2D eigenvalue weighted by Crippen LogP contribution is -2.33. The van der Waals surface area contributed by atoms with E-state index in [0.717, 1.165) is 12.1 Å². The molecule has 1 rings (SSSR count). The van der Waals surface area contributed by atoms with Gasteiger partial charge in [-0.05, 0) is 29.5 Å². The van der Waals surface area contributed by atoms with E-state index < -0.39 is 17.7 Å². The standard InChI is InChI=1S/C14H21F2NO2/c1-14(2,5-6-18)9-17-8-13(19)10-3-4-11(15)12(16)7-10/h3-4,7,13,17-19H,5-6,8-9H2,1-2H3. The van der Waals surface area contributed by atoms with Crippen LogP contribution < -0.4 is 5.32 Å². The average molecular weight is 273 g/mol. The van der Waals surface area contributed by atoms with Crippen molar-refractivity contribution in [2.45, 2.75) is 26.4 Å². The zero-order valence-electron chi connectivity index (χ0n) is 11.3. The summed E-state index contributed by atoms with van der Waals surface area (Å²) in [6.45, 7) is 4.98. The lowest BCUT2D eigenvalue weighted by atomic mass is 9.89. The maximum Gasteiger partial charge on any atom is 0.159 e. The molecule has 1 atom stereocenters. The Morgan fingerprint density at radius 1 is 1.26 bits per heavy atom. The Bertz CT molecular complexity index is 410. The summed E-state index contributed by atoms with van der Waals surface area (Å²) < 4.78 is 25.8. The molecule has 0 saturated heterocycles. The third-order valence-corrected chi connectivity index (χ3v) is 3.06. The minimum absolute atomic E-state index is 0.0808. The first-order chi connectivity index (χ1) is 8.85. The summed E-state index contributed by atoms with van der Waals surface area (Å²) in [5, 5.41) is 21.8. The SMILES string of the molecule is CC(C)(CCO)CNCC(O)c1ccc(F)c(F)c1. The molecule has 0 aliphatic carbocycles. The van der Waals surface area contributed by atoms with E-state index in [-0.39, 0.29) is 18.6 Å². The maximum absolute atomic E-state index is 13.0. The largest absolute Gasteiger partial charge is 0.396 e. The molecule has 1 aromatic rings. The molecule has 1 unspecified atom stereocenters. The quantitative estimate of drug-likeness (QED) is 0.712. The van der Waals surface area contributed by atoms with E-state index in [2.05, 4.69) is 5.32 Å². The molecular weight excluding hydrogens is 252 g/mol. The smallest absolute Gasteiger partial charge is 0.159 e. The van der Waals surface area contributed by atoms with Gasteiger partial charge in [0.1, 0.15) is 0 Å². The van der Waals surface area contributed by atoms with Crippen molar-refractivity contribution in [2.24, 2.45) is 5.41 Å². The predicted octanol–water partition coefficient (Wildman–Crippen LogP) is 2.00. The van der Waals surface area contributed by atoms with E-state index in [4.69, 9.17) is 5.11 Å². The number of aliphatic hydroxyl groups is 2. The van der Waals surface area contributed by atoms with Gasteiger partial charge in [-0.25, -0.2) is 8.78 Å². The molecule has 0 heterocycles. The molecular formula is C14H21F2NO2. The molecule has 0 spiro atoms. The molecule has 0 bridgehead atoms. The summed E-state index contributed by atoms with van der Waals surface area (Å²) in [7, 11) is 0. The Morgan fingerprint density at radius 3 is 2.53 bits per heavy atom. The van der Waals surface area contributed by atoms with Crippen LogP contribution in [-0.2, 0) is 0 Å². The third kappa shape index (κ3) is 5.22. The normalized spacial score (nSPS) is 13.6. The Morgan fingerprint density at radius 2 is 1.95 bits per heavy atom. The van der Waals surface area contributed by atoms with Crippen LogP contribution in [0.4, 0.5) is 8.78 Å². The number of halogens is 2. The predicted molar refractivity (Wildman–Crippen MR) is 69.7 cm³/mol. The Kier molecular flexibility index (Phi) is 5.85. The number of hydrogen-bond acceptors (Lipinski definition) is 3. The van der Waals surface area contributed by atoms with Gasteiger partial charge in [0.05, 0.1) is 6.10 Å². The second-order valence-electron chi connectivity index (χ2n) is 5.46. The van der Waals surface area contributed by atoms with E-state index in [1.165, 1.54) is 6.07 Å². The van der Waals surface area contributed by atoms with Gasteiger partial charge in [0.15, 0.2) is 11.6 Å². The highest BCUT2D eigenvalue weighted by molar-refractivity contribution is 5.20. The molecule has 0 saturated carbocycles. The lowest BCUT2D eigenvalue weighted by Gasteiger charge is -2.24. The van der Waals surface area contributed by atoms with E-state index in [9.17, 15) is 13.9 Å². The van der Waals surface area contributed by atoms with Crippen LogP contribution in [0.1, 0.15) is 31.9 Å². The van der Waals surface area contributed by atoms with Gasteiger partial charge in [-0.2, -0.15) is 0 Å². The first kappa shape index (κ1) is 16.0. The fourth-order valence-electron chi connectivity index (χ4n) is 1.78. The van der Waals surface area contributed by atoms with Crippen LogP contribution in [0.25, 0.3) is 0 Å². The molecule has 0 amide bonds. The van der Waals surface area contributed by atoms with Gasteiger partial charge in [0.2, 0.25) is 0 Å². The number of benzene rings is 1. The first-order valence-corrected chi connectivity index (χ1v) is 6.30. The van der Waals surface area contributed by atoms with Crippen molar-refractivity contribution in [1.82, 2.24) is 5.32 Å². The van der Waals surface area contributed by atoms with Gasteiger partial charge in [0.25, 0.3) is 0 Å². The van der Waals surface area contributed by atoms with Gasteiger partial charge in [-0.15, -0.1) is 0 Å².